The molecule has 1 aliphatic rings. The smallest absolute Gasteiger partial charge is 0.418 e. The number of benzene rings is 2. The number of nitrogens with one attached hydrogen (secondary N) is 2. The molecule has 1 aromatic heterocycles. The molecular formula is C27H27ClF3N5O3. The van der Waals surface area contributed by atoms with Crippen LogP contribution in [0.3, 0.4) is 0 Å². The Morgan fingerprint density at radius 1 is 1.08 bits per heavy atom. The standard InChI is InChI=1S/C27H27ClF3N5O3/c1-4-25(37)33-22-16-18(6-7-19(22)27(29,30)31)39-26-20(28)8-10-24(34-26)32-21-9-5-17(15-23(21)38-3)36-13-11-35(2)12-14-36/h4-10,15-16H,1,11-14H2,2-3H3,(H,32,34)(H,33,37). The molecule has 0 aliphatic carbocycles. The number of anilines is 4. The van der Waals surface area contributed by atoms with Crippen LogP contribution in [0.2, 0.25) is 5.02 Å². The molecule has 2 heterocycles. The molecule has 206 valence electrons. The Bertz CT molecular complexity index is 1360. The van der Waals surface area contributed by atoms with E-state index < -0.39 is 23.3 Å². The van der Waals surface area contributed by atoms with E-state index >= 15 is 0 Å². The summed E-state index contributed by atoms with van der Waals surface area (Å²) in [5, 5.41) is 5.46. The Kier molecular flexibility index (Phi) is 8.51. The normalized spacial score (nSPS) is 14.1. The largest absolute Gasteiger partial charge is 0.494 e. The number of hydrogen-bond donors (Lipinski definition) is 2. The molecule has 12 heteroatoms. The fraction of sp³-hybridized carbons (Fsp3) is 0.259. The summed E-state index contributed by atoms with van der Waals surface area (Å²) in [6, 6.07) is 12.0. The van der Waals surface area contributed by atoms with Crippen molar-refractivity contribution < 1.29 is 27.4 Å². The highest BCUT2D eigenvalue weighted by molar-refractivity contribution is 6.31. The van der Waals surface area contributed by atoms with Gasteiger partial charge in [0.05, 0.1) is 24.0 Å². The van der Waals surface area contributed by atoms with Gasteiger partial charge in [-0.3, -0.25) is 4.79 Å². The van der Waals surface area contributed by atoms with Crippen LogP contribution in [0, 0.1) is 0 Å². The molecule has 1 aliphatic heterocycles. The number of rotatable bonds is 8. The van der Waals surface area contributed by atoms with Gasteiger partial charge in [0.1, 0.15) is 22.3 Å². The van der Waals surface area contributed by atoms with Gasteiger partial charge in [-0.1, -0.05) is 18.2 Å². The molecule has 1 saturated heterocycles. The van der Waals surface area contributed by atoms with Crippen LogP contribution in [-0.2, 0) is 11.0 Å². The number of carbonyl (C=O) groups excluding carboxylic acids is 1. The molecule has 0 atom stereocenters. The van der Waals surface area contributed by atoms with Crippen molar-refractivity contribution in [2.45, 2.75) is 6.18 Å². The number of halogens is 4. The number of nitrogens with zero attached hydrogens (tertiary/aromatic N) is 3. The molecule has 1 amide bonds. The zero-order valence-electron chi connectivity index (χ0n) is 21.3. The zero-order chi connectivity index (χ0) is 28.2. The number of pyridine rings is 1. The molecule has 8 nitrogen and oxygen atoms in total. The quantitative estimate of drug-likeness (QED) is 0.318. The van der Waals surface area contributed by atoms with E-state index in [4.69, 9.17) is 21.1 Å². The zero-order valence-corrected chi connectivity index (χ0v) is 22.1. The van der Waals surface area contributed by atoms with Gasteiger partial charge in [-0.2, -0.15) is 18.2 Å². The monoisotopic (exact) mass is 561 g/mol. The Morgan fingerprint density at radius 3 is 2.49 bits per heavy atom. The average molecular weight is 562 g/mol. The molecule has 39 heavy (non-hydrogen) atoms. The maximum absolute atomic E-state index is 13.4. The van der Waals surface area contributed by atoms with Gasteiger partial charge >= 0.3 is 6.18 Å². The van der Waals surface area contributed by atoms with Crippen LogP contribution in [0.15, 0.2) is 61.2 Å². The molecular weight excluding hydrogens is 535 g/mol. The third-order valence-corrected chi connectivity index (χ3v) is 6.37. The van der Waals surface area contributed by atoms with E-state index in [9.17, 15) is 18.0 Å². The van der Waals surface area contributed by atoms with Gasteiger partial charge in [0.2, 0.25) is 11.8 Å². The molecule has 1 fully saturated rings. The van der Waals surface area contributed by atoms with Crippen molar-refractivity contribution in [2.24, 2.45) is 0 Å². The van der Waals surface area contributed by atoms with Crippen molar-refractivity contribution in [1.29, 1.82) is 0 Å². The van der Waals surface area contributed by atoms with Crippen LogP contribution in [0.4, 0.5) is 36.1 Å². The molecule has 4 rings (SSSR count). The number of likely N-dealkylation sites (N-methyl/N-ethyl adjacent to an activating group) is 1. The minimum absolute atomic E-state index is 0.0111. The van der Waals surface area contributed by atoms with Crippen LogP contribution in [0.25, 0.3) is 0 Å². The Morgan fingerprint density at radius 2 is 1.82 bits per heavy atom. The summed E-state index contributed by atoms with van der Waals surface area (Å²) in [5.41, 5.74) is 0.174. The third-order valence-electron chi connectivity index (χ3n) is 6.08. The van der Waals surface area contributed by atoms with Crippen molar-refractivity contribution in [3.63, 3.8) is 0 Å². The summed E-state index contributed by atoms with van der Waals surface area (Å²) in [7, 11) is 3.67. The first-order chi connectivity index (χ1) is 18.6. The van der Waals surface area contributed by atoms with Crippen LogP contribution >= 0.6 is 11.6 Å². The highest BCUT2D eigenvalue weighted by Gasteiger charge is 2.34. The predicted octanol–water partition coefficient (Wildman–Crippen LogP) is 6.17. The number of piperazine rings is 1. The molecule has 0 bridgehead atoms. The van der Waals surface area contributed by atoms with Crippen molar-refractivity contribution in [2.75, 3.05) is 55.9 Å². The summed E-state index contributed by atoms with van der Waals surface area (Å²) in [4.78, 5) is 20.6. The van der Waals surface area contributed by atoms with Crippen LogP contribution in [-0.4, -0.2) is 56.1 Å². The first kappa shape index (κ1) is 28.1. The maximum atomic E-state index is 13.4. The number of carbonyl (C=O) groups is 1. The molecule has 0 saturated carbocycles. The van der Waals surface area contributed by atoms with E-state index in [2.05, 4.69) is 39.0 Å². The summed E-state index contributed by atoms with van der Waals surface area (Å²) < 4.78 is 51.6. The maximum Gasteiger partial charge on any atom is 0.418 e. The van der Waals surface area contributed by atoms with Gasteiger partial charge < -0.3 is 29.9 Å². The third kappa shape index (κ3) is 6.92. The summed E-state index contributed by atoms with van der Waals surface area (Å²) >= 11 is 6.26. The lowest BCUT2D eigenvalue weighted by molar-refractivity contribution is -0.137. The second-order valence-electron chi connectivity index (χ2n) is 8.78. The highest BCUT2D eigenvalue weighted by atomic mass is 35.5. The molecule has 0 unspecified atom stereocenters. The van der Waals surface area contributed by atoms with Gasteiger partial charge in [-0.15, -0.1) is 0 Å². The molecule has 2 aromatic carbocycles. The van der Waals surface area contributed by atoms with Gasteiger partial charge in [0.15, 0.2) is 0 Å². The fourth-order valence-corrected chi connectivity index (χ4v) is 4.12. The second kappa shape index (κ2) is 11.8. The SMILES string of the molecule is C=CC(=O)Nc1cc(Oc2nc(Nc3ccc(N4CCN(C)CC4)cc3OC)ccc2Cl)ccc1C(F)(F)F. The van der Waals surface area contributed by atoms with Gasteiger partial charge in [0, 0.05) is 44.0 Å². The number of methoxy groups -OCH3 is 1. The molecule has 2 N–H and O–H groups in total. The average Bonchev–Trinajstić information content (AvgIpc) is 2.90. The molecule has 3 aromatic rings. The summed E-state index contributed by atoms with van der Waals surface area (Å²) in [5.74, 6) is 0.120. The lowest BCUT2D eigenvalue weighted by Crippen LogP contribution is -2.44. The number of ether oxygens (including phenoxy) is 2. The Labute approximate surface area is 229 Å². The number of alkyl halides is 3. The minimum atomic E-state index is -4.69. The summed E-state index contributed by atoms with van der Waals surface area (Å²) in [6.07, 6.45) is -3.83. The number of aromatic nitrogens is 1. The van der Waals surface area contributed by atoms with Gasteiger partial charge in [-0.25, -0.2) is 0 Å². The number of amides is 1. The second-order valence-corrected chi connectivity index (χ2v) is 9.19. The lowest BCUT2D eigenvalue weighted by atomic mass is 10.1. The fourth-order valence-electron chi connectivity index (χ4n) is 3.98. The topological polar surface area (TPSA) is 79.0 Å². The Hall–Kier alpha value is -3.96. The van der Waals surface area contributed by atoms with Crippen molar-refractivity contribution >= 4 is 40.4 Å². The van der Waals surface area contributed by atoms with Gasteiger partial charge in [0.25, 0.3) is 0 Å². The van der Waals surface area contributed by atoms with E-state index in [1.165, 1.54) is 0 Å². The predicted molar refractivity (Wildman–Crippen MR) is 146 cm³/mol. The molecule has 0 radical (unpaired) electrons. The van der Waals surface area contributed by atoms with Crippen molar-refractivity contribution in [3.05, 3.63) is 71.8 Å². The van der Waals surface area contributed by atoms with Crippen molar-refractivity contribution in [1.82, 2.24) is 9.88 Å². The lowest BCUT2D eigenvalue weighted by Gasteiger charge is -2.34. The summed E-state index contributed by atoms with van der Waals surface area (Å²) in [6.45, 7) is 7.04. The van der Waals surface area contributed by atoms with E-state index in [0.717, 1.165) is 56.1 Å². The minimum Gasteiger partial charge on any atom is -0.494 e. The number of hydrogen-bond acceptors (Lipinski definition) is 7. The molecule has 0 spiro atoms. The first-order valence-electron chi connectivity index (χ1n) is 11.9. The van der Waals surface area contributed by atoms with E-state index in [1.54, 1.807) is 19.2 Å². The van der Waals surface area contributed by atoms with Crippen molar-refractivity contribution in [3.8, 4) is 17.4 Å². The first-order valence-corrected chi connectivity index (χ1v) is 12.3. The van der Waals surface area contributed by atoms with E-state index in [1.807, 2.05) is 18.2 Å². The van der Waals surface area contributed by atoms with E-state index in [-0.39, 0.29) is 16.7 Å². The van der Waals surface area contributed by atoms with Crippen LogP contribution < -0.4 is 25.0 Å². The van der Waals surface area contributed by atoms with Gasteiger partial charge in [-0.05, 0) is 49.5 Å². The Balaban J connectivity index is 1.56. The van der Waals surface area contributed by atoms with E-state index in [0.29, 0.717) is 17.3 Å². The van der Waals surface area contributed by atoms with Crippen LogP contribution in [0.5, 0.6) is 17.4 Å². The van der Waals surface area contributed by atoms with Crippen LogP contribution in [0.1, 0.15) is 5.56 Å². The highest BCUT2D eigenvalue weighted by Crippen LogP contribution is 2.39.